The molecule has 1 aliphatic heterocycles. The van der Waals surface area contributed by atoms with E-state index in [1.165, 1.54) is 11.1 Å². The molecule has 1 N–H and O–H groups in total. The lowest BCUT2D eigenvalue weighted by molar-refractivity contribution is 0.169. The number of hydrogen-bond acceptors (Lipinski definition) is 4. The van der Waals surface area contributed by atoms with Gasteiger partial charge in [-0.3, -0.25) is 4.90 Å². The molecule has 3 rings (SSSR count). The molecule has 0 radical (unpaired) electrons. The summed E-state index contributed by atoms with van der Waals surface area (Å²) in [5.41, 5.74) is 3.52. The molecular weight excluding hydrogens is 314 g/mol. The van der Waals surface area contributed by atoms with Crippen molar-refractivity contribution < 1.29 is 4.52 Å². The summed E-state index contributed by atoms with van der Waals surface area (Å²) in [7, 11) is 0. The normalized spacial score (nSPS) is 16.2. The highest BCUT2D eigenvalue weighted by Crippen LogP contribution is 2.09. The maximum atomic E-state index is 4.91. The molecule has 1 aliphatic rings. The monoisotopic (exact) mass is 341 g/mol. The zero-order valence-corrected chi connectivity index (χ0v) is 15.1. The average molecular weight is 341 g/mol. The van der Waals surface area contributed by atoms with Gasteiger partial charge in [0.1, 0.15) is 6.26 Å². The summed E-state index contributed by atoms with van der Waals surface area (Å²) in [6.45, 7) is 10.6. The van der Waals surface area contributed by atoms with Gasteiger partial charge < -0.3 is 14.7 Å². The molecular formula is C19H27N5O. The van der Waals surface area contributed by atoms with E-state index in [0.717, 1.165) is 50.9 Å². The van der Waals surface area contributed by atoms with Crippen molar-refractivity contribution in [3.8, 4) is 0 Å². The molecule has 6 heteroatoms. The van der Waals surface area contributed by atoms with Crippen molar-refractivity contribution >= 4 is 5.96 Å². The number of nitrogens with zero attached hydrogens (tertiary/aromatic N) is 4. The first kappa shape index (κ1) is 17.5. The number of aryl methyl sites for hydroxylation is 1. The summed E-state index contributed by atoms with van der Waals surface area (Å²) in [5.74, 6) is 1.00. The number of aromatic nitrogens is 1. The van der Waals surface area contributed by atoms with Gasteiger partial charge in [0.05, 0.1) is 12.2 Å². The first-order chi connectivity index (χ1) is 12.2. The van der Waals surface area contributed by atoms with E-state index in [1.54, 1.807) is 6.26 Å². The third kappa shape index (κ3) is 5.06. The van der Waals surface area contributed by atoms with Crippen molar-refractivity contribution in [1.29, 1.82) is 0 Å². The maximum Gasteiger partial charge on any atom is 0.194 e. The van der Waals surface area contributed by atoms with Crippen LogP contribution in [0.15, 0.2) is 46.1 Å². The molecule has 6 nitrogen and oxygen atoms in total. The largest absolute Gasteiger partial charge is 0.364 e. The van der Waals surface area contributed by atoms with Crippen LogP contribution in [0.3, 0.4) is 0 Å². The molecule has 1 aromatic carbocycles. The number of hydrogen-bond donors (Lipinski definition) is 1. The minimum atomic E-state index is 0.711. The molecule has 0 atom stereocenters. The van der Waals surface area contributed by atoms with Gasteiger partial charge in [-0.1, -0.05) is 35.0 Å². The summed E-state index contributed by atoms with van der Waals surface area (Å²) in [6.07, 6.45) is 1.63. The first-order valence-corrected chi connectivity index (χ1v) is 8.95. The van der Waals surface area contributed by atoms with Gasteiger partial charge in [-0.05, 0) is 19.4 Å². The van der Waals surface area contributed by atoms with E-state index in [-0.39, 0.29) is 0 Å². The fourth-order valence-electron chi connectivity index (χ4n) is 3.07. The Hall–Kier alpha value is -2.34. The third-order valence-electron chi connectivity index (χ3n) is 4.38. The minimum Gasteiger partial charge on any atom is -0.364 e. The highest BCUT2D eigenvalue weighted by Gasteiger charge is 2.20. The number of piperazine rings is 1. The Morgan fingerprint density at radius 2 is 2.08 bits per heavy atom. The van der Waals surface area contributed by atoms with Gasteiger partial charge in [0.2, 0.25) is 0 Å². The highest BCUT2D eigenvalue weighted by molar-refractivity contribution is 5.80. The molecule has 0 amide bonds. The van der Waals surface area contributed by atoms with E-state index in [0.29, 0.717) is 6.54 Å². The Labute approximate surface area is 149 Å². The van der Waals surface area contributed by atoms with E-state index < -0.39 is 0 Å². The zero-order chi connectivity index (χ0) is 17.5. The van der Waals surface area contributed by atoms with Crippen LogP contribution in [0.1, 0.15) is 23.7 Å². The minimum absolute atomic E-state index is 0.711. The number of benzene rings is 1. The van der Waals surface area contributed by atoms with E-state index in [1.807, 2.05) is 6.07 Å². The van der Waals surface area contributed by atoms with Crippen molar-refractivity contribution in [2.45, 2.75) is 26.9 Å². The topological polar surface area (TPSA) is 56.9 Å². The van der Waals surface area contributed by atoms with Gasteiger partial charge in [-0.25, -0.2) is 4.99 Å². The summed E-state index contributed by atoms with van der Waals surface area (Å²) < 4.78 is 4.91. The zero-order valence-electron chi connectivity index (χ0n) is 15.1. The molecule has 0 spiro atoms. The van der Waals surface area contributed by atoms with Crippen LogP contribution >= 0.6 is 0 Å². The van der Waals surface area contributed by atoms with Crippen molar-refractivity contribution in [2.24, 2.45) is 4.99 Å². The molecule has 25 heavy (non-hydrogen) atoms. The Kier molecular flexibility index (Phi) is 6.06. The Balaban J connectivity index is 1.56. The quantitative estimate of drug-likeness (QED) is 0.668. The number of rotatable bonds is 5. The van der Waals surface area contributed by atoms with Gasteiger partial charge in [-0.15, -0.1) is 0 Å². The van der Waals surface area contributed by atoms with E-state index in [9.17, 15) is 0 Å². The number of nitrogens with one attached hydrogen (secondary N) is 1. The molecule has 0 aliphatic carbocycles. The van der Waals surface area contributed by atoms with Crippen molar-refractivity contribution in [1.82, 2.24) is 20.3 Å². The van der Waals surface area contributed by atoms with Crippen molar-refractivity contribution in [3.05, 3.63) is 53.4 Å². The molecule has 0 bridgehead atoms. The van der Waals surface area contributed by atoms with Crippen LogP contribution in [-0.2, 0) is 13.1 Å². The van der Waals surface area contributed by atoms with Crippen LogP contribution in [-0.4, -0.2) is 53.6 Å². The lowest BCUT2D eigenvalue weighted by Crippen LogP contribution is -2.52. The predicted molar refractivity (Wildman–Crippen MR) is 99.3 cm³/mol. The third-order valence-corrected chi connectivity index (χ3v) is 4.38. The van der Waals surface area contributed by atoms with Crippen LogP contribution in [0.4, 0.5) is 0 Å². The predicted octanol–water partition coefficient (Wildman–Crippen LogP) is 2.27. The number of aliphatic imine (C=N–C) groups is 1. The lowest BCUT2D eigenvalue weighted by atomic mass is 10.1. The van der Waals surface area contributed by atoms with Gasteiger partial charge in [-0.2, -0.15) is 0 Å². The summed E-state index contributed by atoms with van der Waals surface area (Å²) in [6, 6.07) is 10.5. The number of guanidine groups is 1. The van der Waals surface area contributed by atoms with E-state index in [4.69, 9.17) is 9.52 Å². The molecule has 1 saturated heterocycles. The maximum absolute atomic E-state index is 4.91. The smallest absolute Gasteiger partial charge is 0.194 e. The second kappa shape index (κ2) is 8.67. The summed E-state index contributed by atoms with van der Waals surface area (Å²) in [4.78, 5) is 9.58. The van der Waals surface area contributed by atoms with Gasteiger partial charge in [0.15, 0.2) is 5.96 Å². The molecule has 1 aromatic heterocycles. The first-order valence-electron chi connectivity index (χ1n) is 8.95. The molecule has 0 saturated carbocycles. The Morgan fingerprint density at radius 3 is 2.76 bits per heavy atom. The molecule has 134 valence electrons. The standard InChI is InChI=1S/C19H27N5O/c1-3-20-19(21-14-17-6-4-5-16(2)13-17)24-10-8-23(9-11-24)15-18-7-12-25-22-18/h4-7,12-13H,3,8-11,14-15H2,1-2H3,(H,20,21). The summed E-state index contributed by atoms with van der Waals surface area (Å²) >= 11 is 0. The van der Waals surface area contributed by atoms with E-state index >= 15 is 0 Å². The van der Waals surface area contributed by atoms with Crippen LogP contribution in [0, 0.1) is 6.92 Å². The summed E-state index contributed by atoms with van der Waals surface area (Å²) in [5, 5.41) is 7.43. The Bertz CT molecular complexity index is 675. The van der Waals surface area contributed by atoms with Gasteiger partial charge in [0.25, 0.3) is 0 Å². The van der Waals surface area contributed by atoms with Gasteiger partial charge >= 0.3 is 0 Å². The second-order valence-corrected chi connectivity index (χ2v) is 6.41. The van der Waals surface area contributed by atoms with Crippen LogP contribution in [0.5, 0.6) is 0 Å². The molecule has 1 fully saturated rings. The second-order valence-electron chi connectivity index (χ2n) is 6.41. The van der Waals surface area contributed by atoms with Crippen LogP contribution < -0.4 is 5.32 Å². The lowest BCUT2D eigenvalue weighted by Gasteiger charge is -2.36. The fraction of sp³-hybridized carbons (Fsp3) is 0.474. The fourth-order valence-corrected chi connectivity index (χ4v) is 3.07. The molecule has 2 heterocycles. The van der Waals surface area contributed by atoms with Crippen LogP contribution in [0.2, 0.25) is 0 Å². The van der Waals surface area contributed by atoms with Gasteiger partial charge in [0, 0.05) is 45.3 Å². The Morgan fingerprint density at radius 1 is 1.24 bits per heavy atom. The van der Waals surface area contributed by atoms with Crippen molar-refractivity contribution in [3.63, 3.8) is 0 Å². The van der Waals surface area contributed by atoms with Crippen LogP contribution in [0.25, 0.3) is 0 Å². The molecule has 2 aromatic rings. The highest BCUT2D eigenvalue weighted by atomic mass is 16.5. The van der Waals surface area contributed by atoms with Crippen molar-refractivity contribution in [2.75, 3.05) is 32.7 Å². The van der Waals surface area contributed by atoms with E-state index in [2.05, 4.69) is 58.4 Å². The SMILES string of the molecule is CCNC(=NCc1cccc(C)c1)N1CCN(Cc2ccon2)CC1. The average Bonchev–Trinajstić information content (AvgIpc) is 3.12. The molecule has 0 unspecified atom stereocenters.